The maximum Gasteiger partial charge on any atom is 2.00 e. The minimum absolute atomic E-state index is 0. The molecule has 4 aliphatic heterocycles. The summed E-state index contributed by atoms with van der Waals surface area (Å²) in [6.45, 7) is 3.31. The number of carboxylic acids is 2. The van der Waals surface area contributed by atoms with Crippen molar-refractivity contribution in [3.63, 3.8) is 0 Å². The molecule has 16 nitrogen and oxygen atoms in total. The van der Waals surface area contributed by atoms with E-state index >= 15 is 0 Å². The second-order valence-electron chi connectivity index (χ2n) is 17.5. The number of ether oxygens (including phenoxy) is 6. The average molecular weight is 1010 g/mol. The molecule has 67 heavy (non-hydrogen) atoms. The van der Waals surface area contributed by atoms with E-state index in [-0.39, 0.29) is 76.5 Å². The van der Waals surface area contributed by atoms with E-state index in [0.29, 0.717) is 78.4 Å². The molecule has 0 atom stereocenters. The third-order valence-corrected chi connectivity index (χ3v) is 12.8. The molecule has 0 aliphatic carbocycles. The predicted octanol–water partition coefficient (Wildman–Crippen LogP) is 4.81. The number of fused-ring (bicyclic) bond motifs is 2. The number of carboxylic acid groups (broad SMARTS) is 2. The number of carbonyl (C=O) groups excluding carboxylic acids is 2. The zero-order chi connectivity index (χ0) is 47.0. The summed E-state index contributed by atoms with van der Waals surface area (Å²) in [4.78, 5) is 27.9. The van der Waals surface area contributed by atoms with Gasteiger partial charge in [-0.05, 0) is 124 Å². The van der Waals surface area contributed by atoms with Crippen molar-refractivity contribution in [1.29, 1.82) is 0 Å². The Hall–Kier alpha value is -4.44. The molecule has 4 aromatic rings. The number of alkyl halides is 6. The zero-order valence-corrected chi connectivity index (χ0v) is 39.8. The van der Waals surface area contributed by atoms with Gasteiger partial charge in [-0.1, -0.05) is 12.1 Å². The van der Waals surface area contributed by atoms with Gasteiger partial charge in [0.2, 0.25) is 0 Å². The quantitative estimate of drug-likeness (QED) is 0.110. The molecule has 364 valence electrons. The van der Waals surface area contributed by atoms with E-state index < -0.39 is 48.3 Å². The number of aliphatic carboxylic acids is 2. The maximum absolute atomic E-state index is 12.6. The van der Waals surface area contributed by atoms with Crippen LogP contribution in [0.4, 0.5) is 26.3 Å². The van der Waals surface area contributed by atoms with E-state index in [4.69, 9.17) is 37.5 Å². The number of carbonyl (C=O) groups is 2. The SMILES string of the molecule is O=C([O-])C1(CN2CCC(COc3noc4cccc(OCC(F)(F)F)c34)CC2)CCOCC1.O=C([O-])C1(CN2CCC(COc3noc4cccc(OCC(F)(F)F)c34)CC2)CCOCC1.[Zn+2]. The van der Waals surface area contributed by atoms with Crippen LogP contribution in [0.1, 0.15) is 51.4 Å². The fraction of sp³-hybridized carbons (Fsp3) is 0.636. The van der Waals surface area contributed by atoms with Gasteiger partial charge in [-0.15, -0.1) is 0 Å². The molecule has 23 heteroatoms. The maximum atomic E-state index is 12.6. The van der Waals surface area contributed by atoms with Crippen LogP contribution >= 0.6 is 0 Å². The molecule has 6 heterocycles. The summed E-state index contributed by atoms with van der Waals surface area (Å²) in [6.07, 6.45) is -3.92. The van der Waals surface area contributed by atoms with Crippen molar-refractivity contribution in [3.05, 3.63) is 36.4 Å². The molecule has 0 saturated carbocycles. The van der Waals surface area contributed by atoms with Crippen LogP contribution in [0.2, 0.25) is 0 Å². The summed E-state index contributed by atoms with van der Waals surface area (Å²) in [7, 11) is 0. The Kier molecular flexibility index (Phi) is 17.7. The standard InChI is InChI=1S/2C22H27F3N2O6.Zn/c2*23-22(24,25)14-32-16-2-1-3-17-18(16)19(26-33-17)31-12-15-4-8-27(9-5-15)13-21(20(28)29)6-10-30-11-7-21;/h2*1-3,15H,4-14H2,(H,28,29);/q;;+2/p-2. The Morgan fingerprint density at radius 3 is 1.30 bits per heavy atom. The number of halogens is 6. The van der Waals surface area contributed by atoms with Crippen molar-refractivity contribution in [2.24, 2.45) is 22.7 Å². The van der Waals surface area contributed by atoms with Crippen LogP contribution in [-0.2, 0) is 38.5 Å². The number of piperidine rings is 2. The molecule has 2 aromatic carbocycles. The van der Waals surface area contributed by atoms with Crippen molar-refractivity contribution < 1.29 is 103 Å². The Balaban J connectivity index is 0.000000218. The Morgan fingerprint density at radius 1 is 0.612 bits per heavy atom. The molecule has 0 bridgehead atoms. The normalized spacial score (nSPS) is 19.8. The molecule has 0 unspecified atom stereocenters. The second-order valence-corrected chi connectivity index (χ2v) is 17.5. The molecule has 8 rings (SSSR count). The van der Waals surface area contributed by atoms with E-state index in [1.54, 1.807) is 12.1 Å². The van der Waals surface area contributed by atoms with Crippen LogP contribution in [0, 0.1) is 22.7 Å². The molecule has 4 aliphatic rings. The molecule has 2 aromatic heterocycles. The number of hydrogen-bond acceptors (Lipinski definition) is 16. The van der Waals surface area contributed by atoms with Gasteiger partial charge >= 0.3 is 31.8 Å². The minimum Gasteiger partial charge on any atom is -0.550 e. The van der Waals surface area contributed by atoms with Crippen LogP contribution in [0.15, 0.2) is 45.4 Å². The zero-order valence-electron chi connectivity index (χ0n) is 36.8. The number of benzene rings is 2. The predicted molar refractivity (Wildman–Crippen MR) is 215 cm³/mol. The molecule has 0 spiro atoms. The van der Waals surface area contributed by atoms with Crippen LogP contribution in [0.25, 0.3) is 21.9 Å². The number of nitrogens with zero attached hydrogens (tertiary/aromatic N) is 4. The molecule has 4 fully saturated rings. The molecular formula is C44H52F6N4O12Zn. The van der Waals surface area contributed by atoms with Gasteiger partial charge in [-0.3, -0.25) is 0 Å². The third kappa shape index (κ3) is 13.9. The smallest absolute Gasteiger partial charge is 0.550 e. The van der Waals surface area contributed by atoms with Crippen LogP contribution < -0.4 is 29.2 Å². The molecule has 0 amide bonds. The van der Waals surface area contributed by atoms with E-state index in [1.165, 1.54) is 24.3 Å². The largest absolute Gasteiger partial charge is 2.00 e. The fourth-order valence-corrected chi connectivity index (χ4v) is 8.87. The monoisotopic (exact) mass is 1010 g/mol. The first kappa shape index (κ1) is 51.9. The van der Waals surface area contributed by atoms with Gasteiger partial charge in [0.25, 0.3) is 11.8 Å². The van der Waals surface area contributed by atoms with Crippen molar-refractivity contribution in [2.75, 3.05) is 92.1 Å². The van der Waals surface area contributed by atoms with Gasteiger partial charge in [0, 0.05) is 62.3 Å². The third-order valence-electron chi connectivity index (χ3n) is 12.8. The number of hydrogen-bond donors (Lipinski definition) is 0. The fourth-order valence-electron chi connectivity index (χ4n) is 8.87. The van der Waals surface area contributed by atoms with Gasteiger partial charge in [0.05, 0.1) is 13.2 Å². The Labute approximate surface area is 394 Å². The second kappa shape index (κ2) is 22.8. The van der Waals surface area contributed by atoms with Gasteiger partial charge in [-0.2, -0.15) is 26.3 Å². The Morgan fingerprint density at radius 2 is 0.970 bits per heavy atom. The summed E-state index contributed by atoms with van der Waals surface area (Å²) in [5, 5.41) is 31.8. The summed E-state index contributed by atoms with van der Waals surface area (Å²) < 4.78 is 118. The number of likely N-dealkylation sites (tertiary alicyclic amines) is 2. The van der Waals surface area contributed by atoms with E-state index in [9.17, 15) is 46.1 Å². The first-order chi connectivity index (χ1) is 31.5. The Bertz CT molecular complexity index is 2060. The average Bonchev–Trinajstić information content (AvgIpc) is 3.92. The summed E-state index contributed by atoms with van der Waals surface area (Å²) >= 11 is 0. The topological polar surface area (TPSA) is 194 Å². The number of aromatic nitrogens is 2. The first-order valence-electron chi connectivity index (χ1n) is 22.0. The van der Waals surface area contributed by atoms with Crippen LogP contribution in [0.3, 0.4) is 0 Å². The van der Waals surface area contributed by atoms with Crippen LogP contribution in [-0.4, -0.2) is 137 Å². The molecule has 0 N–H and O–H groups in total. The number of rotatable bonds is 16. The molecule has 0 radical (unpaired) electrons. The van der Waals surface area contributed by atoms with E-state index in [0.717, 1.165) is 51.9 Å². The van der Waals surface area contributed by atoms with Crippen LogP contribution in [0.5, 0.6) is 23.3 Å². The van der Waals surface area contributed by atoms with Gasteiger partial charge < -0.3 is 67.1 Å². The summed E-state index contributed by atoms with van der Waals surface area (Å²) in [5.41, 5.74) is -1.17. The molecule has 4 saturated heterocycles. The van der Waals surface area contributed by atoms with E-state index in [1.807, 2.05) is 0 Å². The molecular weight excluding hydrogens is 956 g/mol. The minimum atomic E-state index is -4.46. The summed E-state index contributed by atoms with van der Waals surface area (Å²) in [5.74, 6) is -1.43. The van der Waals surface area contributed by atoms with Gasteiger partial charge in [0.15, 0.2) is 24.4 Å². The summed E-state index contributed by atoms with van der Waals surface area (Å²) in [6, 6.07) is 9.04. The van der Waals surface area contributed by atoms with Crippen molar-refractivity contribution >= 4 is 33.9 Å². The van der Waals surface area contributed by atoms with Gasteiger partial charge in [-0.25, -0.2) is 0 Å². The van der Waals surface area contributed by atoms with Crippen molar-refractivity contribution in [3.8, 4) is 23.3 Å². The van der Waals surface area contributed by atoms with E-state index in [2.05, 4.69) is 20.1 Å². The first-order valence-corrected chi connectivity index (χ1v) is 22.0. The van der Waals surface area contributed by atoms with Crippen molar-refractivity contribution in [1.82, 2.24) is 20.1 Å². The van der Waals surface area contributed by atoms with Gasteiger partial charge in [0.1, 0.15) is 22.3 Å². The van der Waals surface area contributed by atoms with Crippen molar-refractivity contribution in [2.45, 2.75) is 63.7 Å².